The van der Waals surface area contributed by atoms with Gasteiger partial charge >= 0.3 is 0 Å². The van der Waals surface area contributed by atoms with Crippen LogP contribution in [0.3, 0.4) is 0 Å². The normalized spacial score (nSPS) is 20.4. The summed E-state index contributed by atoms with van der Waals surface area (Å²) in [6.45, 7) is 6.23. The van der Waals surface area contributed by atoms with Crippen molar-refractivity contribution in [3.63, 3.8) is 0 Å². The summed E-state index contributed by atoms with van der Waals surface area (Å²) in [5.41, 5.74) is 5.39. The van der Waals surface area contributed by atoms with Gasteiger partial charge in [0.15, 0.2) is 5.78 Å². The van der Waals surface area contributed by atoms with Gasteiger partial charge in [0.05, 0.1) is 22.3 Å². The number of nitrogens with zero attached hydrogens (tertiary/aromatic N) is 1. The number of benzene rings is 2. The Hall–Kier alpha value is -3.15. The summed E-state index contributed by atoms with van der Waals surface area (Å²) in [6, 6.07) is 12.2. The van der Waals surface area contributed by atoms with Crippen molar-refractivity contribution in [1.29, 1.82) is 0 Å². The highest BCUT2D eigenvalue weighted by molar-refractivity contribution is 6.01. The molecule has 4 rings (SSSR count). The van der Waals surface area contributed by atoms with E-state index in [1.165, 1.54) is 12.1 Å². The average molecular weight is 377 g/mol. The Labute approximate surface area is 163 Å². The van der Waals surface area contributed by atoms with E-state index in [0.29, 0.717) is 6.42 Å². The zero-order valence-corrected chi connectivity index (χ0v) is 16.2. The molecule has 6 nitrogen and oxygen atoms in total. The lowest BCUT2D eigenvalue weighted by Crippen LogP contribution is -2.31. The molecule has 0 aromatic heterocycles. The fourth-order valence-electron chi connectivity index (χ4n) is 4.10. The number of fused-ring (bicyclic) bond motifs is 1. The largest absolute Gasteiger partial charge is 0.372 e. The number of nitro groups is 1. The molecule has 0 radical (unpaired) electrons. The summed E-state index contributed by atoms with van der Waals surface area (Å²) < 4.78 is 0. The number of carbonyl (C=O) groups is 1. The molecule has 2 aliphatic rings. The maximum Gasteiger partial charge on any atom is 0.269 e. The molecule has 0 saturated carbocycles. The average Bonchev–Trinajstić information content (AvgIpc) is 2.77. The highest BCUT2D eigenvalue weighted by Crippen LogP contribution is 2.45. The number of allylic oxidation sites excluding steroid dienone is 1. The number of non-ortho nitro benzene ring substituents is 1. The van der Waals surface area contributed by atoms with E-state index in [1.807, 2.05) is 19.1 Å². The lowest BCUT2D eigenvalue weighted by atomic mass is 9.73. The zero-order valence-electron chi connectivity index (χ0n) is 16.2. The first kappa shape index (κ1) is 18.2. The second-order valence-corrected chi connectivity index (χ2v) is 8.43. The van der Waals surface area contributed by atoms with Crippen molar-refractivity contribution in [2.75, 3.05) is 10.6 Å². The molecule has 0 saturated heterocycles. The predicted octanol–water partition coefficient (Wildman–Crippen LogP) is 5.13. The second kappa shape index (κ2) is 6.48. The molecule has 0 unspecified atom stereocenters. The number of ketones is 1. The van der Waals surface area contributed by atoms with Gasteiger partial charge in [0.1, 0.15) is 0 Å². The van der Waals surface area contributed by atoms with Crippen molar-refractivity contribution < 1.29 is 9.72 Å². The summed E-state index contributed by atoms with van der Waals surface area (Å²) in [7, 11) is 0. The molecule has 144 valence electrons. The predicted molar refractivity (Wildman–Crippen MR) is 109 cm³/mol. The van der Waals surface area contributed by atoms with Crippen LogP contribution in [-0.4, -0.2) is 10.7 Å². The van der Waals surface area contributed by atoms with Gasteiger partial charge in [-0.05, 0) is 54.2 Å². The maximum atomic E-state index is 13.1. The Morgan fingerprint density at radius 1 is 1.07 bits per heavy atom. The van der Waals surface area contributed by atoms with Crippen LogP contribution in [0.4, 0.5) is 17.1 Å². The van der Waals surface area contributed by atoms with Crippen LogP contribution in [0.25, 0.3) is 0 Å². The Bertz CT molecular complexity index is 1010. The Morgan fingerprint density at radius 3 is 2.46 bits per heavy atom. The van der Waals surface area contributed by atoms with Crippen LogP contribution < -0.4 is 10.6 Å². The minimum Gasteiger partial charge on any atom is -0.372 e. The highest BCUT2D eigenvalue weighted by Gasteiger charge is 2.38. The van der Waals surface area contributed by atoms with E-state index in [1.54, 1.807) is 12.1 Å². The molecule has 1 atom stereocenters. The fourth-order valence-corrected chi connectivity index (χ4v) is 4.10. The number of aryl methyl sites for hydroxylation is 1. The molecule has 0 fully saturated rings. The molecular weight excluding hydrogens is 354 g/mol. The zero-order chi connectivity index (χ0) is 20.1. The first-order valence-corrected chi connectivity index (χ1v) is 9.38. The third-order valence-electron chi connectivity index (χ3n) is 5.41. The molecule has 1 heterocycles. The monoisotopic (exact) mass is 377 g/mol. The van der Waals surface area contributed by atoms with Crippen LogP contribution in [-0.2, 0) is 4.79 Å². The summed E-state index contributed by atoms with van der Waals surface area (Å²) >= 11 is 0. The third-order valence-corrected chi connectivity index (χ3v) is 5.41. The van der Waals surface area contributed by atoms with Crippen LogP contribution in [0.1, 0.15) is 43.9 Å². The van der Waals surface area contributed by atoms with Gasteiger partial charge in [-0.15, -0.1) is 0 Å². The Morgan fingerprint density at radius 2 is 1.79 bits per heavy atom. The second-order valence-electron chi connectivity index (χ2n) is 8.43. The van der Waals surface area contributed by atoms with Gasteiger partial charge in [0, 0.05) is 29.8 Å². The highest BCUT2D eigenvalue weighted by atomic mass is 16.6. The van der Waals surface area contributed by atoms with E-state index >= 15 is 0 Å². The van der Waals surface area contributed by atoms with Gasteiger partial charge in [-0.2, -0.15) is 0 Å². The molecule has 28 heavy (non-hydrogen) atoms. The molecule has 1 aliphatic carbocycles. The molecule has 6 heteroatoms. The lowest BCUT2D eigenvalue weighted by molar-refractivity contribution is -0.384. The van der Waals surface area contributed by atoms with Crippen LogP contribution >= 0.6 is 0 Å². The Balaban J connectivity index is 1.86. The smallest absolute Gasteiger partial charge is 0.269 e. The molecule has 2 aromatic carbocycles. The number of anilines is 2. The van der Waals surface area contributed by atoms with E-state index in [4.69, 9.17) is 0 Å². The standard InChI is InChI=1S/C22H23N3O3/c1-13-4-9-16-17(10-13)24-21(14-5-7-15(8-6-14)25(27)28)20-18(23-16)11-22(2,3)12-19(20)26/h4-10,21,23-24H,11-12H2,1-3H3/t21-/m0/s1. The number of hydrogen-bond acceptors (Lipinski definition) is 5. The quantitative estimate of drug-likeness (QED) is 0.560. The first-order chi connectivity index (χ1) is 13.2. The summed E-state index contributed by atoms with van der Waals surface area (Å²) in [6.07, 6.45) is 1.25. The number of nitro benzene ring substituents is 1. The summed E-state index contributed by atoms with van der Waals surface area (Å²) in [4.78, 5) is 23.7. The molecule has 2 aromatic rings. The number of nitrogens with one attached hydrogen (secondary N) is 2. The third kappa shape index (κ3) is 3.26. The van der Waals surface area contributed by atoms with Gasteiger partial charge in [-0.25, -0.2) is 0 Å². The molecule has 1 aliphatic heterocycles. The summed E-state index contributed by atoms with van der Waals surface area (Å²) in [5, 5.41) is 18.0. The van der Waals surface area contributed by atoms with Crippen molar-refractivity contribution >= 4 is 22.8 Å². The number of carbonyl (C=O) groups excluding carboxylic acids is 1. The van der Waals surface area contributed by atoms with Crippen LogP contribution in [0.2, 0.25) is 0 Å². The van der Waals surface area contributed by atoms with Crippen molar-refractivity contribution in [2.24, 2.45) is 5.41 Å². The molecule has 0 amide bonds. The van der Waals surface area contributed by atoms with Crippen molar-refractivity contribution in [1.82, 2.24) is 0 Å². The van der Waals surface area contributed by atoms with Gasteiger partial charge < -0.3 is 10.6 Å². The van der Waals surface area contributed by atoms with Crippen LogP contribution in [0.5, 0.6) is 0 Å². The minimum atomic E-state index is -0.413. The van der Waals surface area contributed by atoms with E-state index < -0.39 is 4.92 Å². The van der Waals surface area contributed by atoms with Crippen molar-refractivity contribution in [3.05, 3.63) is 75.0 Å². The van der Waals surface area contributed by atoms with Gasteiger partial charge in [-0.3, -0.25) is 14.9 Å². The summed E-state index contributed by atoms with van der Waals surface area (Å²) in [5.74, 6) is 0.110. The van der Waals surface area contributed by atoms with E-state index in [9.17, 15) is 14.9 Å². The Kier molecular flexibility index (Phi) is 4.22. The van der Waals surface area contributed by atoms with Crippen molar-refractivity contribution in [2.45, 2.75) is 39.7 Å². The van der Waals surface area contributed by atoms with Crippen LogP contribution in [0, 0.1) is 22.5 Å². The molecule has 0 spiro atoms. The molecule has 2 N–H and O–H groups in total. The maximum absolute atomic E-state index is 13.1. The van der Waals surface area contributed by atoms with Gasteiger partial charge in [0.25, 0.3) is 5.69 Å². The number of hydrogen-bond donors (Lipinski definition) is 2. The van der Waals surface area contributed by atoms with Gasteiger partial charge in [0.2, 0.25) is 0 Å². The number of Topliss-reactive ketones (excluding diaryl/α,β-unsaturated/α-hetero) is 1. The van der Waals surface area contributed by atoms with Crippen LogP contribution in [0.15, 0.2) is 53.7 Å². The van der Waals surface area contributed by atoms with E-state index in [2.05, 4.69) is 30.5 Å². The van der Waals surface area contributed by atoms with Gasteiger partial charge in [-0.1, -0.05) is 19.9 Å². The topological polar surface area (TPSA) is 84.3 Å². The SMILES string of the molecule is Cc1ccc2c(c1)N[C@@H](c1ccc([N+](=O)[O-])cc1)C1=C(CC(C)(C)CC1=O)N2. The lowest BCUT2D eigenvalue weighted by Gasteiger charge is -2.34. The van der Waals surface area contributed by atoms with E-state index in [0.717, 1.165) is 40.2 Å². The number of rotatable bonds is 2. The molecular formula is C22H23N3O3. The minimum absolute atomic E-state index is 0.0389. The van der Waals surface area contributed by atoms with Crippen molar-refractivity contribution in [3.8, 4) is 0 Å². The molecule has 0 bridgehead atoms. The fraction of sp³-hybridized carbons (Fsp3) is 0.318. The first-order valence-electron chi connectivity index (χ1n) is 9.38. The van der Waals surface area contributed by atoms with E-state index in [-0.39, 0.29) is 22.9 Å².